The van der Waals surface area contributed by atoms with Crippen LogP contribution in [0.3, 0.4) is 0 Å². The second kappa shape index (κ2) is 6.13. The Morgan fingerprint density at radius 2 is 2.09 bits per heavy atom. The molecule has 23 heavy (non-hydrogen) atoms. The molecule has 2 aliphatic rings. The van der Waals surface area contributed by atoms with Gasteiger partial charge >= 0.3 is 0 Å². The van der Waals surface area contributed by atoms with Crippen LogP contribution in [-0.2, 0) is 16.4 Å². The van der Waals surface area contributed by atoms with Crippen molar-refractivity contribution in [1.29, 1.82) is 0 Å². The Hall–Kier alpha value is -1.60. The number of anilines is 1. The van der Waals surface area contributed by atoms with Crippen LogP contribution in [0.15, 0.2) is 18.2 Å². The normalized spacial score (nSPS) is 21.9. The lowest BCUT2D eigenvalue weighted by atomic mass is 10.00. The van der Waals surface area contributed by atoms with Gasteiger partial charge in [0, 0.05) is 37.8 Å². The molecule has 1 aromatic rings. The highest BCUT2D eigenvalue weighted by Gasteiger charge is 2.26. The molecule has 1 unspecified atom stereocenters. The zero-order valence-electron chi connectivity index (χ0n) is 13.6. The van der Waals surface area contributed by atoms with Crippen molar-refractivity contribution in [3.8, 4) is 0 Å². The third kappa shape index (κ3) is 3.35. The molecule has 126 valence electrons. The summed E-state index contributed by atoms with van der Waals surface area (Å²) in [7, 11) is -3.27. The summed E-state index contributed by atoms with van der Waals surface area (Å²) >= 11 is 0. The van der Waals surface area contributed by atoms with Crippen molar-refractivity contribution in [2.24, 2.45) is 0 Å². The van der Waals surface area contributed by atoms with Gasteiger partial charge in [-0.2, -0.15) is 0 Å². The Bertz CT molecular complexity index is 717. The molecule has 2 heterocycles. The second-order valence-electron chi connectivity index (χ2n) is 6.39. The minimum atomic E-state index is -3.27. The van der Waals surface area contributed by atoms with Gasteiger partial charge < -0.3 is 10.2 Å². The van der Waals surface area contributed by atoms with Gasteiger partial charge in [-0.3, -0.25) is 9.10 Å². The smallest absolute Gasteiger partial charge is 0.253 e. The van der Waals surface area contributed by atoms with Gasteiger partial charge in [0.2, 0.25) is 10.0 Å². The van der Waals surface area contributed by atoms with Gasteiger partial charge in [0.1, 0.15) is 0 Å². The van der Waals surface area contributed by atoms with Crippen molar-refractivity contribution >= 4 is 21.6 Å². The summed E-state index contributed by atoms with van der Waals surface area (Å²) in [4.78, 5) is 14.5. The van der Waals surface area contributed by atoms with Gasteiger partial charge in [-0.05, 0) is 43.5 Å². The largest absolute Gasteiger partial charge is 0.336 e. The van der Waals surface area contributed by atoms with Crippen LogP contribution in [0.5, 0.6) is 0 Å². The van der Waals surface area contributed by atoms with Crippen LogP contribution >= 0.6 is 0 Å². The van der Waals surface area contributed by atoms with Crippen LogP contribution in [0, 0.1) is 0 Å². The van der Waals surface area contributed by atoms with E-state index in [0.29, 0.717) is 36.9 Å². The van der Waals surface area contributed by atoms with Crippen molar-refractivity contribution in [2.75, 3.05) is 36.7 Å². The Morgan fingerprint density at radius 3 is 2.78 bits per heavy atom. The third-order valence-electron chi connectivity index (χ3n) is 4.46. The summed E-state index contributed by atoms with van der Waals surface area (Å²) in [6.45, 7) is 4.78. The molecule has 1 N–H and O–H groups in total. The lowest BCUT2D eigenvalue weighted by Crippen LogP contribution is -2.51. The summed E-state index contributed by atoms with van der Waals surface area (Å²) in [5, 5.41) is 3.32. The molecule has 2 aliphatic heterocycles. The molecule has 6 nitrogen and oxygen atoms in total. The van der Waals surface area contributed by atoms with Crippen molar-refractivity contribution in [1.82, 2.24) is 10.2 Å². The zero-order chi connectivity index (χ0) is 16.6. The van der Waals surface area contributed by atoms with Crippen molar-refractivity contribution in [3.63, 3.8) is 0 Å². The SMILES string of the molecule is CC1CN(C(=O)c2ccc3c(c2)CCCN3S(C)(=O)=O)CCN1. The van der Waals surface area contributed by atoms with Gasteiger partial charge in [0.15, 0.2) is 0 Å². The van der Waals surface area contributed by atoms with E-state index in [4.69, 9.17) is 0 Å². The molecule has 1 saturated heterocycles. The van der Waals surface area contributed by atoms with Crippen LogP contribution in [0.1, 0.15) is 29.3 Å². The number of benzene rings is 1. The molecule has 0 bridgehead atoms. The molecule has 1 atom stereocenters. The van der Waals surface area contributed by atoms with Crippen LogP contribution in [0.25, 0.3) is 0 Å². The zero-order valence-corrected chi connectivity index (χ0v) is 14.4. The monoisotopic (exact) mass is 337 g/mol. The highest BCUT2D eigenvalue weighted by Crippen LogP contribution is 2.30. The number of aryl methyl sites for hydroxylation is 1. The average molecular weight is 337 g/mol. The predicted octanol–water partition coefficient (Wildman–Crippen LogP) is 0.833. The van der Waals surface area contributed by atoms with Gasteiger partial charge in [-0.15, -0.1) is 0 Å². The van der Waals surface area contributed by atoms with E-state index in [-0.39, 0.29) is 5.91 Å². The summed E-state index contributed by atoms with van der Waals surface area (Å²) in [6.07, 6.45) is 2.81. The van der Waals surface area contributed by atoms with Gasteiger partial charge in [0.05, 0.1) is 11.9 Å². The van der Waals surface area contributed by atoms with Crippen molar-refractivity contribution in [3.05, 3.63) is 29.3 Å². The minimum absolute atomic E-state index is 0.0256. The fourth-order valence-electron chi connectivity index (χ4n) is 3.34. The quantitative estimate of drug-likeness (QED) is 0.868. The maximum Gasteiger partial charge on any atom is 0.253 e. The molecule has 3 rings (SSSR count). The van der Waals surface area contributed by atoms with Crippen LogP contribution in [-0.4, -0.2) is 57.7 Å². The maximum atomic E-state index is 12.7. The number of hydrogen-bond acceptors (Lipinski definition) is 4. The van der Waals surface area contributed by atoms with Crippen LogP contribution in [0.2, 0.25) is 0 Å². The lowest BCUT2D eigenvalue weighted by molar-refractivity contribution is 0.0709. The Labute approximate surface area is 137 Å². The topological polar surface area (TPSA) is 69.7 Å². The maximum absolute atomic E-state index is 12.7. The lowest BCUT2D eigenvalue weighted by Gasteiger charge is -2.33. The highest BCUT2D eigenvalue weighted by molar-refractivity contribution is 7.92. The number of amides is 1. The molecule has 1 aromatic carbocycles. The molecule has 7 heteroatoms. The standard InChI is InChI=1S/C16H23N3O3S/c1-12-11-18(9-7-17-12)16(20)14-5-6-15-13(10-14)4-3-8-19(15)23(2,21)22/h5-6,10,12,17H,3-4,7-9,11H2,1-2H3. The first-order valence-electron chi connectivity index (χ1n) is 7.99. The fourth-order valence-corrected chi connectivity index (χ4v) is 4.34. The average Bonchev–Trinajstić information content (AvgIpc) is 2.52. The summed E-state index contributed by atoms with van der Waals surface area (Å²) in [5.74, 6) is 0.0256. The van der Waals surface area contributed by atoms with Gasteiger partial charge in [-0.25, -0.2) is 8.42 Å². The number of hydrogen-bond donors (Lipinski definition) is 1. The van der Waals surface area contributed by atoms with Gasteiger partial charge in [0.25, 0.3) is 5.91 Å². The van der Waals surface area contributed by atoms with Gasteiger partial charge in [-0.1, -0.05) is 0 Å². The highest BCUT2D eigenvalue weighted by atomic mass is 32.2. The number of fused-ring (bicyclic) bond motifs is 1. The molecule has 0 aromatic heterocycles. The second-order valence-corrected chi connectivity index (χ2v) is 8.30. The molecule has 1 amide bonds. The Morgan fingerprint density at radius 1 is 1.30 bits per heavy atom. The van der Waals surface area contributed by atoms with Crippen molar-refractivity contribution in [2.45, 2.75) is 25.8 Å². The summed E-state index contributed by atoms with van der Waals surface area (Å²) in [6, 6.07) is 5.68. The number of rotatable bonds is 2. The molecular formula is C16H23N3O3S. The fraction of sp³-hybridized carbons (Fsp3) is 0.562. The molecule has 0 radical (unpaired) electrons. The van der Waals surface area contributed by atoms with E-state index in [0.717, 1.165) is 24.9 Å². The predicted molar refractivity (Wildman–Crippen MR) is 90.3 cm³/mol. The van der Waals surface area contributed by atoms with E-state index >= 15 is 0 Å². The first kappa shape index (κ1) is 16.3. The first-order chi connectivity index (χ1) is 10.9. The van der Waals surface area contributed by atoms with E-state index in [1.807, 2.05) is 11.0 Å². The molecule has 0 spiro atoms. The third-order valence-corrected chi connectivity index (χ3v) is 5.64. The van der Waals surface area contributed by atoms with E-state index in [9.17, 15) is 13.2 Å². The number of piperazine rings is 1. The number of carbonyl (C=O) groups is 1. The first-order valence-corrected chi connectivity index (χ1v) is 9.84. The van der Waals surface area contributed by atoms with Crippen LogP contribution < -0.4 is 9.62 Å². The number of carbonyl (C=O) groups excluding carboxylic acids is 1. The number of sulfonamides is 1. The van der Waals surface area contributed by atoms with Crippen LogP contribution in [0.4, 0.5) is 5.69 Å². The molecular weight excluding hydrogens is 314 g/mol. The molecule has 1 fully saturated rings. The number of nitrogens with zero attached hydrogens (tertiary/aromatic N) is 2. The summed E-state index contributed by atoms with van der Waals surface area (Å²) < 4.78 is 25.2. The molecule has 0 saturated carbocycles. The van der Waals surface area contributed by atoms with Crippen molar-refractivity contribution < 1.29 is 13.2 Å². The minimum Gasteiger partial charge on any atom is -0.336 e. The molecule has 0 aliphatic carbocycles. The number of nitrogens with one attached hydrogen (secondary N) is 1. The van der Waals surface area contributed by atoms with E-state index in [1.165, 1.54) is 10.6 Å². The van der Waals surface area contributed by atoms with E-state index in [2.05, 4.69) is 12.2 Å². The Balaban J connectivity index is 1.87. The van der Waals surface area contributed by atoms with E-state index < -0.39 is 10.0 Å². The Kier molecular flexibility index (Phi) is 4.33. The van der Waals surface area contributed by atoms with E-state index in [1.54, 1.807) is 12.1 Å². The summed E-state index contributed by atoms with van der Waals surface area (Å²) in [5.41, 5.74) is 2.30.